The summed E-state index contributed by atoms with van der Waals surface area (Å²) in [7, 11) is -3.18. The Balaban J connectivity index is 1.85. The molecule has 0 N–H and O–H groups in total. The predicted octanol–water partition coefficient (Wildman–Crippen LogP) is 1.38. The number of para-hydroxylation sites is 1. The van der Waals surface area contributed by atoms with Gasteiger partial charge in [-0.3, -0.25) is 4.79 Å². The summed E-state index contributed by atoms with van der Waals surface area (Å²) in [4.78, 5) is 14.6. The number of carbonyl (C=O) groups is 1. The maximum Gasteiger partial charge on any atom is 0.256 e. The zero-order valence-electron chi connectivity index (χ0n) is 13.4. The standard InChI is InChI=1S/C16H21N3O3S/c1-3-17-12-14(13-6-4-5-7-15(13)17)16(20)18-8-10-19(11-9-18)23(2,21)22/h4-7,12H,3,8-11H2,1-2H3. The van der Waals surface area contributed by atoms with Gasteiger partial charge < -0.3 is 9.47 Å². The van der Waals surface area contributed by atoms with Crippen molar-refractivity contribution in [3.05, 3.63) is 36.0 Å². The summed E-state index contributed by atoms with van der Waals surface area (Å²) in [6, 6.07) is 7.87. The molecule has 1 aliphatic rings. The molecule has 0 bridgehead atoms. The van der Waals surface area contributed by atoms with Gasteiger partial charge in [-0.2, -0.15) is 4.31 Å². The third-order valence-corrected chi connectivity index (χ3v) is 5.66. The maximum atomic E-state index is 12.8. The smallest absolute Gasteiger partial charge is 0.256 e. The van der Waals surface area contributed by atoms with Crippen LogP contribution in [0, 0.1) is 0 Å². The SMILES string of the molecule is CCn1cc(C(=O)N2CCN(S(C)(=O)=O)CC2)c2ccccc21. The zero-order valence-corrected chi connectivity index (χ0v) is 14.2. The summed E-state index contributed by atoms with van der Waals surface area (Å²) in [6.45, 7) is 4.42. The number of carbonyl (C=O) groups excluding carboxylic acids is 1. The van der Waals surface area contributed by atoms with Crippen LogP contribution in [0.15, 0.2) is 30.5 Å². The van der Waals surface area contributed by atoms with Gasteiger partial charge in [0.2, 0.25) is 10.0 Å². The molecular formula is C16H21N3O3S. The van der Waals surface area contributed by atoms with Gasteiger partial charge in [0.15, 0.2) is 0 Å². The molecule has 0 atom stereocenters. The van der Waals surface area contributed by atoms with E-state index in [1.807, 2.05) is 37.4 Å². The fraction of sp³-hybridized carbons (Fsp3) is 0.438. The number of aryl methyl sites for hydroxylation is 1. The van der Waals surface area contributed by atoms with Crippen molar-refractivity contribution < 1.29 is 13.2 Å². The number of aromatic nitrogens is 1. The van der Waals surface area contributed by atoms with Crippen molar-refractivity contribution in [2.24, 2.45) is 0 Å². The minimum Gasteiger partial charge on any atom is -0.347 e. The van der Waals surface area contributed by atoms with E-state index in [1.165, 1.54) is 10.6 Å². The van der Waals surface area contributed by atoms with Crippen LogP contribution in [0.1, 0.15) is 17.3 Å². The lowest BCUT2D eigenvalue weighted by Gasteiger charge is -2.33. The molecule has 0 radical (unpaired) electrons. The lowest BCUT2D eigenvalue weighted by Crippen LogP contribution is -2.50. The van der Waals surface area contributed by atoms with Crippen LogP contribution in [0.25, 0.3) is 10.9 Å². The quantitative estimate of drug-likeness (QED) is 0.851. The number of benzene rings is 1. The van der Waals surface area contributed by atoms with Crippen LogP contribution in [0.5, 0.6) is 0 Å². The molecule has 1 fully saturated rings. The first-order chi connectivity index (χ1) is 10.9. The molecule has 1 amide bonds. The van der Waals surface area contributed by atoms with E-state index in [1.54, 1.807) is 4.90 Å². The summed E-state index contributed by atoms with van der Waals surface area (Å²) in [6.07, 6.45) is 3.11. The Morgan fingerprint density at radius 1 is 1.13 bits per heavy atom. The average molecular weight is 335 g/mol. The van der Waals surface area contributed by atoms with E-state index in [0.717, 1.165) is 17.4 Å². The number of hydrogen-bond acceptors (Lipinski definition) is 3. The molecule has 7 heteroatoms. The Morgan fingerprint density at radius 2 is 1.78 bits per heavy atom. The number of piperazine rings is 1. The molecular weight excluding hydrogens is 314 g/mol. The first-order valence-corrected chi connectivity index (χ1v) is 9.59. The van der Waals surface area contributed by atoms with Gasteiger partial charge in [0.05, 0.1) is 11.8 Å². The zero-order chi connectivity index (χ0) is 16.6. The Bertz CT molecular complexity index is 833. The van der Waals surface area contributed by atoms with Crippen LogP contribution in [-0.4, -0.2) is 60.5 Å². The van der Waals surface area contributed by atoms with Crippen molar-refractivity contribution in [2.75, 3.05) is 32.4 Å². The van der Waals surface area contributed by atoms with Crippen molar-refractivity contribution in [3.8, 4) is 0 Å². The van der Waals surface area contributed by atoms with Crippen molar-refractivity contribution in [3.63, 3.8) is 0 Å². The summed E-state index contributed by atoms with van der Waals surface area (Å²) in [5.41, 5.74) is 1.74. The summed E-state index contributed by atoms with van der Waals surface area (Å²) in [5.74, 6) is -0.0263. The average Bonchev–Trinajstić information content (AvgIpc) is 2.92. The number of rotatable bonds is 3. The second-order valence-electron chi connectivity index (χ2n) is 5.80. The highest BCUT2D eigenvalue weighted by molar-refractivity contribution is 7.88. The first-order valence-electron chi connectivity index (χ1n) is 7.74. The Kier molecular flexibility index (Phi) is 4.16. The summed E-state index contributed by atoms with van der Waals surface area (Å²) in [5, 5.41) is 0.949. The van der Waals surface area contributed by atoms with E-state index >= 15 is 0 Å². The number of fused-ring (bicyclic) bond motifs is 1. The minimum atomic E-state index is -3.18. The molecule has 1 aliphatic heterocycles. The second kappa shape index (κ2) is 5.98. The van der Waals surface area contributed by atoms with Crippen molar-refractivity contribution >= 4 is 26.8 Å². The van der Waals surface area contributed by atoms with Crippen LogP contribution >= 0.6 is 0 Å². The molecule has 1 aromatic heterocycles. The third-order valence-electron chi connectivity index (χ3n) is 4.35. The molecule has 0 saturated carbocycles. The topological polar surface area (TPSA) is 62.6 Å². The molecule has 3 rings (SSSR count). The van der Waals surface area contributed by atoms with Crippen LogP contribution in [0.2, 0.25) is 0 Å². The number of sulfonamides is 1. The molecule has 124 valence electrons. The summed E-state index contributed by atoms with van der Waals surface area (Å²) >= 11 is 0. The van der Waals surface area contributed by atoms with Gasteiger partial charge in [0.25, 0.3) is 5.91 Å². The van der Waals surface area contributed by atoms with Gasteiger partial charge in [-0.15, -0.1) is 0 Å². The number of nitrogens with zero attached hydrogens (tertiary/aromatic N) is 3. The van der Waals surface area contributed by atoms with Crippen LogP contribution in [-0.2, 0) is 16.6 Å². The number of amides is 1. The summed E-state index contributed by atoms with van der Waals surface area (Å²) < 4.78 is 26.6. The molecule has 1 saturated heterocycles. The highest BCUT2D eigenvalue weighted by Crippen LogP contribution is 2.23. The molecule has 0 aliphatic carbocycles. The normalized spacial score (nSPS) is 16.9. The Morgan fingerprint density at radius 3 is 2.39 bits per heavy atom. The van der Waals surface area contributed by atoms with Gasteiger partial charge in [-0.05, 0) is 13.0 Å². The highest BCUT2D eigenvalue weighted by Gasteiger charge is 2.28. The Labute approximate surface area is 136 Å². The highest BCUT2D eigenvalue weighted by atomic mass is 32.2. The number of hydrogen-bond donors (Lipinski definition) is 0. The molecule has 2 aromatic rings. The van der Waals surface area contributed by atoms with E-state index in [0.29, 0.717) is 31.7 Å². The molecule has 0 spiro atoms. The van der Waals surface area contributed by atoms with Crippen LogP contribution < -0.4 is 0 Å². The molecule has 6 nitrogen and oxygen atoms in total. The van der Waals surface area contributed by atoms with Gasteiger partial charge in [0, 0.05) is 49.8 Å². The minimum absolute atomic E-state index is 0.0263. The second-order valence-corrected chi connectivity index (χ2v) is 7.78. The van der Waals surface area contributed by atoms with E-state index in [-0.39, 0.29) is 5.91 Å². The predicted molar refractivity (Wildman–Crippen MR) is 89.9 cm³/mol. The van der Waals surface area contributed by atoms with Crippen molar-refractivity contribution in [1.29, 1.82) is 0 Å². The Hall–Kier alpha value is -1.86. The lowest BCUT2D eigenvalue weighted by atomic mass is 10.1. The molecule has 1 aromatic carbocycles. The molecule has 0 unspecified atom stereocenters. The van der Waals surface area contributed by atoms with Crippen LogP contribution in [0.4, 0.5) is 0 Å². The van der Waals surface area contributed by atoms with Gasteiger partial charge in [0.1, 0.15) is 0 Å². The van der Waals surface area contributed by atoms with Gasteiger partial charge >= 0.3 is 0 Å². The monoisotopic (exact) mass is 335 g/mol. The molecule has 23 heavy (non-hydrogen) atoms. The lowest BCUT2D eigenvalue weighted by molar-refractivity contribution is 0.0700. The molecule has 2 heterocycles. The maximum absolute atomic E-state index is 12.8. The van der Waals surface area contributed by atoms with Gasteiger partial charge in [-0.25, -0.2) is 8.42 Å². The third kappa shape index (κ3) is 2.98. The van der Waals surface area contributed by atoms with E-state index in [2.05, 4.69) is 4.57 Å². The van der Waals surface area contributed by atoms with Crippen LogP contribution in [0.3, 0.4) is 0 Å². The van der Waals surface area contributed by atoms with Crippen molar-refractivity contribution in [2.45, 2.75) is 13.5 Å². The van der Waals surface area contributed by atoms with E-state index in [9.17, 15) is 13.2 Å². The van der Waals surface area contributed by atoms with Crippen molar-refractivity contribution in [1.82, 2.24) is 13.8 Å². The largest absolute Gasteiger partial charge is 0.347 e. The fourth-order valence-corrected chi connectivity index (χ4v) is 3.90. The fourth-order valence-electron chi connectivity index (χ4n) is 3.07. The first kappa shape index (κ1) is 16.0. The van der Waals surface area contributed by atoms with Gasteiger partial charge in [-0.1, -0.05) is 18.2 Å². The van der Waals surface area contributed by atoms with E-state index < -0.39 is 10.0 Å². The van der Waals surface area contributed by atoms with E-state index in [4.69, 9.17) is 0 Å².